The molecule has 0 spiro atoms. The van der Waals surface area contributed by atoms with Crippen molar-refractivity contribution in [3.8, 4) is 0 Å². The molecule has 0 aromatic heterocycles. The predicted molar refractivity (Wildman–Crippen MR) is 61.0 cm³/mol. The summed E-state index contributed by atoms with van der Waals surface area (Å²) >= 11 is 0. The SMILES string of the molecule is C[C@@H]1C2(C)C(C[C@H](C)C1(C)C)C2C(N)=O. The highest BCUT2D eigenvalue weighted by molar-refractivity contribution is 5.81. The average Bonchev–Trinajstić information content (AvgIpc) is 2.70. The van der Waals surface area contributed by atoms with Crippen LogP contribution < -0.4 is 5.73 Å². The second-order valence-electron chi connectivity index (χ2n) is 6.53. The van der Waals surface area contributed by atoms with E-state index in [0.717, 1.165) is 0 Å². The Hall–Kier alpha value is -0.530. The van der Waals surface area contributed by atoms with Crippen LogP contribution in [-0.4, -0.2) is 5.91 Å². The molecular formula is C13H23NO. The Kier molecular flexibility index (Phi) is 2.03. The third kappa shape index (κ3) is 1.14. The lowest BCUT2D eigenvalue weighted by molar-refractivity contribution is -0.120. The van der Waals surface area contributed by atoms with Gasteiger partial charge in [-0.3, -0.25) is 4.79 Å². The van der Waals surface area contributed by atoms with E-state index in [9.17, 15) is 4.79 Å². The first-order valence-electron chi connectivity index (χ1n) is 6.03. The van der Waals surface area contributed by atoms with Crippen molar-refractivity contribution in [3.05, 3.63) is 0 Å². The van der Waals surface area contributed by atoms with Gasteiger partial charge in [-0.15, -0.1) is 0 Å². The van der Waals surface area contributed by atoms with Gasteiger partial charge in [-0.05, 0) is 35.0 Å². The second-order valence-corrected chi connectivity index (χ2v) is 6.53. The minimum Gasteiger partial charge on any atom is -0.369 e. The molecule has 5 atom stereocenters. The van der Waals surface area contributed by atoms with Crippen LogP contribution in [0.3, 0.4) is 0 Å². The van der Waals surface area contributed by atoms with E-state index in [0.29, 0.717) is 23.2 Å². The predicted octanol–water partition coefficient (Wildman–Crippen LogP) is 2.43. The van der Waals surface area contributed by atoms with E-state index < -0.39 is 0 Å². The van der Waals surface area contributed by atoms with Gasteiger partial charge in [0.1, 0.15) is 0 Å². The molecule has 2 aliphatic rings. The van der Waals surface area contributed by atoms with Gasteiger partial charge in [0.15, 0.2) is 0 Å². The van der Waals surface area contributed by atoms with Crippen LogP contribution in [-0.2, 0) is 4.79 Å². The van der Waals surface area contributed by atoms with Crippen LogP contribution >= 0.6 is 0 Å². The standard InChI is InChI=1S/C13H23NO/c1-7-6-9-10(11(14)15)13(9,5)8(2)12(7,3)4/h7-10H,6H2,1-5H3,(H2,14,15)/t7-,8-,9?,10?,13?/m0/s1. The Morgan fingerprint density at radius 1 is 1.27 bits per heavy atom. The highest BCUT2D eigenvalue weighted by Gasteiger charge is 2.71. The molecule has 0 aromatic rings. The number of carbonyl (C=O) groups excluding carboxylic acids is 1. The molecule has 1 amide bonds. The van der Waals surface area contributed by atoms with Gasteiger partial charge in [-0.25, -0.2) is 0 Å². The molecular weight excluding hydrogens is 186 g/mol. The fourth-order valence-corrected chi connectivity index (χ4v) is 4.02. The minimum absolute atomic E-state index is 0.0840. The first kappa shape index (κ1) is 11.0. The van der Waals surface area contributed by atoms with Gasteiger partial charge in [-0.2, -0.15) is 0 Å². The highest BCUT2D eigenvalue weighted by Crippen LogP contribution is 2.73. The lowest BCUT2D eigenvalue weighted by Crippen LogP contribution is -2.39. The summed E-state index contributed by atoms with van der Waals surface area (Å²) in [5, 5.41) is 0. The van der Waals surface area contributed by atoms with E-state index in [1.54, 1.807) is 0 Å². The van der Waals surface area contributed by atoms with Crippen molar-refractivity contribution in [2.45, 2.75) is 41.0 Å². The summed E-state index contributed by atoms with van der Waals surface area (Å²) in [6, 6.07) is 0. The Bertz CT molecular complexity index is 310. The number of hydrogen-bond donors (Lipinski definition) is 1. The van der Waals surface area contributed by atoms with E-state index >= 15 is 0 Å². The molecule has 15 heavy (non-hydrogen) atoms. The molecule has 0 aliphatic heterocycles. The van der Waals surface area contributed by atoms with Crippen LogP contribution in [0.4, 0.5) is 0 Å². The number of fused-ring (bicyclic) bond motifs is 1. The number of amides is 1. The molecule has 2 saturated carbocycles. The van der Waals surface area contributed by atoms with E-state index in [2.05, 4.69) is 34.6 Å². The van der Waals surface area contributed by atoms with Crippen LogP contribution in [0.1, 0.15) is 41.0 Å². The Morgan fingerprint density at radius 2 is 1.80 bits per heavy atom. The first-order chi connectivity index (χ1) is 6.74. The van der Waals surface area contributed by atoms with Crippen LogP contribution in [0.15, 0.2) is 0 Å². The summed E-state index contributed by atoms with van der Waals surface area (Å²) in [6.07, 6.45) is 1.17. The van der Waals surface area contributed by atoms with Crippen molar-refractivity contribution >= 4 is 5.91 Å². The zero-order valence-electron chi connectivity index (χ0n) is 10.5. The molecule has 2 nitrogen and oxygen atoms in total. The molecule has 2 rings (SSSR count). The fraction of sp³-hybridized carbons (Fsp3) is 0.923. The zero-order valence-corrected chi connectivity index (χ0v) is 10.5. The van der Waals surface area contributed by atoms with Crippen molar-refractivity contribution < 1.29 is 4.79 Å². The summed E-state index contributed by atoms with van der Waals surface area (Å²) < 4.78 is 0. The molecule has 3 unspecified atom stereocenters. The maximum Gasteiger partial charge on any atom is 0.221 e. The largest absolute Gasteiger partial charge is 0.369 e. The molecule has 86 valence electrons. The summed E-state index contributed by atoms with van der Waals surface area (Å²) in [5.41, 5.74) is 6.01. The van der Waals surface area contributed by atoms with E-state index in [1.165, 1.54) is 6.42 Å². The lowest BCUT2D eigenvalue weighted by atomic mass is 9.59. The van der Waals surface area contributed by atoms with Crippen molar-refractivity contribution in [1.82, 2.24) is 0 Å². The molecule has 0 bridgehead atoms. The van der Waals surface area contributed by atoms with Gasteiger partial charge in [-0.1, -0.05) is 34.6 Å². The molecule has 0 heterocycles. The fourth-order valence-electron chi connectivity index (χ4n) is 4.02. The Balaban J connectivity index is 2.31. The van der Waals surface area contributed by atoms with Crippen LogP contribution in [0, 0.1) is 34.5 Å². The van der Waals surface area contributed by atoms with Gasteiger partial charge < -0.3 is 5.73 Å². The van der Waals surface area contributed by atoms with Crippen molar-refractivity contribution in [1.29, 1.82) is 0 Å². The molecule has 0 radical (unpaired) electrons. The molecule has 2 aliphatic carbocycles. The van der Waals surface area contributed by atoms with Gasteiger partial charge >= 0.3 is 0 Å². The Morgan fingerprint density at radius 3 is 2.27 bits per heavy atom. The zero-order chi connectivity index (χ0) is 11.6. The molecule has 0 saturated heterocycles. The summed E-state index contributed by atoms with van der Waals surface area (Å²) in [6.45, 7) is 11.5. The summed E-state index contributed by atoms with van der Waals surface area (Å²) in [5.74, 6) is 1.87. The number of nitrogens with two attached hydrogens (primary N) is 1. The highest BCUT2D eigenvalue weighted by atomic mass is 16.1. The van der Waals surface area contributed by atoms with E-state index in [1.807, 2.05) is 0 Å². The quantitative estimate of drug-likeness (QED) is 0.708. The topological polar surface area (TPSA) is 43.1 Å². The monoisotopic (exact) mass is 209 g/mol. The maximum absolute atomic E-state index is 11.4. The third-order valence-electron chi connectivity index (χ3n) is 6.00. The van der Waals surface area contributed by atoms with Crippen molar-refractivity contribution in [3.63, 3.8) is 0 Å². The van der Waals surface area contributed by atoms with Crippen LogP contribution in [0.5, 0.6) is 0 Å². The van der Waals surface area contributed by atoms with E-state index in [-0.39, 0.29) is 17.2 Å². The van der Waals surface area contributed by atoms with E-state index in [4.69, 9.17) is 5.73 Å². The third-order valence-corrected chi connectivity index (χ3v) is 6.00. The number of primary amides is 1. The van der Waals surface area contributed by atoms with Crippen molar-refractivity contribution in [2.75, 3.05) is 0 Å². The smallest absolute Gasteiger partial charge is 0.221 e. The second kappa shape index (κ2) is 2.78. The first-order valence-corrected chi connectivity index (χ1v) is 6.03. The average molecular weight is 209 g/mol. The summed E-state index contributed by atoms with van der Waals surface area (Å²) in [4.78, 5) is 11.4. The lowest BCUT2D eigenvalue weighted by Gasteiger charge is -2.45. The van der Waals surface area contributed by atoms with Gasteiger partial charge in [0.25, 0.3) is 0 Å². The number of rotatable bonds is 1. The van der Waals surface area contributed by atoms with Crippen LogP contribution in [0.25, 0.3) is 0 Å². The number of carbonyl (C=O) groups is 1. The minimum atomic E-state index is -0.0840. The van der Waals surface area contributed by atoms with Gasteiger partial charge in [0.05, 0.1) is 0 Å². The molecule has 2 fully saturated rings. The van der Waals surface area contributed by atoms with Gasteiger partial charge in [0, 0.05) is 5.92 Å². The molecule has 2 N–H and O–H groups in total. The molecule has 0 aromatic carbocycles. The normalized spacial score (nSPS) is 52.1. The molecule has 2 heteroatoms. The maximum atomic E-state index is 11.4. The van der Waals surface area contributed by atoms with Gasteiger partial charge in [0.2, 0.25) is 5.91 Å². The van der Waals surface area contributed by atoms with Crippen molar-refractivity contribution in [2.24, 2.45) is 40.2 Å². The Labute approximate surface area is 92.6 Å². The van der Waals surface area contributed by atoms with Crippen LogP contribution in [0.2, 0.25) is 0 Å². The number of hydrogen-bond acceptors (Lipinski definition) is 1. The summed E-state index contributed by atoms with van der Waals surface area (Å²) in [7, 11) is 0.